The number of carbonyl (C=O) groups excluding carboxylic acids is 2. The Morgan fingerprint density at radius 3 is 2.15 bits per heavy atom. The normalized spacial score (nSPS) is 14.3. The lowest BCUT2D eigenvalue weighted by Crippen LogP contribution is -2.54. The summed E-state index contributed by atoms with van der Waals surface area (Å²) in [5.41, 5.74) is 0.782. The number of aliphatic hydroxyl groups is 2. The van der Waals surface area contributed by atoms with E-state index in [1.165, 1.54) is 0 Å². The third-order valence-electron chi connectivity index (χ3n) is 3.76. The molecule has 0 fully saturated rings. The zero-order chi connectivity index (χ0) is 19.7. The number of hydrogen-bond acceptors (Lipinski definition) is 5. The molecule has 26 heavy (non-hydrogen) atoms. The predicted molar refractivity (Wildman–Crippen MR) is 94.2 cm³/mol. The summed E-state index contributed by atoms with van der Waals surface area (Å²) >= 11 is 0. The molecule has 8 nitrogen and oxygen atoms in total. The van der Waals surface area contributed by atoms with E-state index in [1.54, 1.807) is 24.3 Å². The lowest BCUT2D eigenvalue weighted by atomic mass is 10.0. The first-order valence-corrected chi connectivity index (χ1v) is 8.43. The van der Waals surface area contributed by atoms with Gasteiger partial charge in [0.15, 0.2) is 12.2 Å². The number of rotatable bonds is 10. The van der Waals surface area contributed by atoms with E-state index in [-0.39, 0.29) is 6.42 Å². The van der Waals surface area contributed by atoms with Gasteiger partial charge in [-0.1, -0.05) is 44.2 Å². The van der Waals surface area contributed by atoms with E-state index in [0.29, 0.717) is 12.5 Å². The smallest absolute Gasteiger partial charge is 0.335 e. The maximum Gasteiger partial charge on any atom is 0.335 e. The van der Waals surface area contributed by atoms with Gasteiger partial charge in [0.25, 0.3) is 5.91 Å². The molecule has 3 atom stereocenters. The second-order valence-corrected chi connectivity index (χ2v) is 6.45. The number of carboxylic acid groups (broad SMARTS) is 1. The number of carboxylic acids is 1. The Balaban J connectivity index is 2.81. The van der Waals surface area contributed by atoms with E-state index in [9.17, 15) is 24.6 Å². The van der Waals surface area contributed by atoms with Crippen LogP contribution in [0.25, 0.3) is 0 Å². The minimum Gasteiger partial charge on any atom is -0.479 e. The average Bonchev–Trinajstić information content (AvgIpc) is 2.60. The van der Waals surface area contributed by atoms with Crippen molar-refractivity contribution < 1.29 is 29.7 Å². The van der Waals surface area contributed by atoms with Gasteiger partial charge in [-0.25, -0.2) is 4.79 Å². The van der Waals surface area contributed by atoms with Gasteiger partial charge in [0.1, 0.15) is 6.04 Å². The first-order valence-electron chi connectivity index (χ1n) is 8.43. The largest absolute Gasteiger partial charge is 0.479 e. The topological polar surface area (TPSA) is 136 Å². The van der Waals surface area contributed by atoms with Crippen molar-refractivity contribution in [2.75, 3.05) is 6.54 Å². The lowest BCUT2D eigenvalue weighted by Gasteiger charge is -2.21. The standard InChI is InChI=1S/C18H26N2O6/c1-11(2)8-9-19-16(23)13(10-12-6-4-3-5-7-12)20-17(24)14(21)15(22)18(25)26/h3-7,11,13-15,21-22H,8-10H2,1-2H3,(H,19,23)(H,20,24)(H,25,26)/t13-,14-,15-/m0/s1. The van der Waals surface area contributed by atoms with Crippen LogP contribution in [-0.2, 0) is 20.8 Å². The summed E-state index contributed by atoms with van der Waals surface area (Å²) in [4.78, 5) is 35.1. The summed E-state index contributed by atoms with van der Waals surface area (Å²) in [6.07, 6.45) is -3.51. The number of aliphatic hydroxyl groups excluding tert-OH is 2. The average molecular weight is 366 g/mol. The maximum absolute atomic E-state index is 12.4. The Morgan fingerprint density at radius 1 is 1.00 bits per heavy atom. The Hall–Kier alpha value is -2.45. The molecule has 144 valence electrons. The molecule has 0 saturated heterocycles. The van der Waals surface area contributed by atoms with Crippen molar-refractivity contribution in [3.63, 3.8) is 0 Å². The molecule has 0 heterocycles. The van der Waals surface area contributed by atoms with Crippen molar-refractivity contribution >= 4 is 17.8 Å². The van der Waals surface area contributed by atoms with Crippen molar-refractivity contribution in [2.45, 2.75) is 44.9 Å². The van der Waals surface area contributed by atoms with Crippen LogP contribution < -0.4 is 10.6 Å². The third kappa shape index (κ3) is 7.20. The van der Waals surface area contributed by atoms with Crippen molar-refractivity contribution in [3.8, 4) is 0 Å². The maximum atomic E-state index is 12.4. The zero-order valence-electron chi connectivity index (χ0n) is 14.9. The van der Waals surface area contributed by atoms with Crippen molar-refractivity contribution in [2.24, 2.45) is 5.92 Å². The Bertz CT molecular complexity index is 605. The van der Waals surface area contributed by atoms with E-state index in [1.807, 2.05) is 19.9 Å². The predicted octanol–water partition coefficient (Wildman–Crippen LogP) is -0.317. The molecule has 0 bridgehead atoms. The number of nitrogens with one attached hydrogen (secondary N) is 2. The van der Waals surface area contributed by atoms with Gasteiger partial charge < -0.3 is 26.0 Å². The van der Waals surface area contributed by atoms with Crippen molar-refractivity contribution in [1.29, 1.82) is 0 Å². The molecular formula is C18H26N2O6. The molecular weight excluding hydrogens is 340 g/mol. The lowest BCUT2D eigenvalue weighted by molar-refractivity contribution is -0.158. The highest BCUT2D eigenvalue weighted by atomic mass is 16.4. The van der Waals surface area contributed by atoms with Gasteiger partial charge in [-0.3, -0.25) is 9.59 Å². The van der Waals surface area contributed by atoms with Gasteiger partial charge in [-0.2, -0.15) is 0 Å². The second-order valence-electron chi connectivity index (χ2n) is 6.45. The Morgan fingerprint density at radius 2 is 1.62 bits per heavy atom. The van der Waals surface area contributed by atoms with Gasteiger partial charge >= 0.3 is 5.97 Å². The molecule has 0 unspecified atom stereocenters. The summed E-state index contributed by atoms with van der Waals surface area (Å²) in [7, 11) is 0. The van der Waals surface area contributed by atoms with Crippen LogP contribution >= 0.6 is 0 Å². The molecule has 2 amide bonds. The monoisotopic (exact) mass is 366 g/mol. The van der Waals surface area contributed by atoms with E-state index < -0.39 is 36.0 Å². The van der Waals surface area contributed by atoms with E-state index in [2.05, 4.69) is 10.6 Å². The van der Waals surface area contributed by atoms with Crippen LogP contribution in [0.4, 0.5) is 0 Å². The van der Waals surface area contributed by atoms with E-state index in [4.69, 9.17) is 5.11 Å². The van der Waals surface area contributed by atoms with Crippen LogP contribution in [0.5, 0.6) is 0 Å². The molecule has 0 aliphatic carbocycles. The van der Waals surface area contributed by atoms with Crippen LogP contribution in [-0.4, -0.2) is 57.9 Å². The Labute approximate surface area is 152 Å². The second kappa shape index (κ2) is 10.5. The van der Waals surface area contributed by atoms with Gasteiger partial charge in [0.05, 0.1) is 0 Å². The quantitative estimate of drug-likeness (QED) is 0.385. The molecule has 1 rings (SSSR count). The summed E-state index contributed by atoms with van der Waals surface area (Å²) in [5, 5.41) is 32.6. The summed E-state index contributed by atoms with van der Waals surface area (Å²) in [5.74, 6) is -2.90. The fraction of sp³-hybridized carbons (Fsp3) is 0.500. The molecule has 5 N–H and O–H groups in total. The number of benzene rings is 1. The van der Waals surface area contributed by atoms with E-state index >= 15 is 0 Å². The number of hydrogen-bond donors (Lipinski definition) is 5. The highest BCUT2D eigenvalue weighted by Gasteiger charge is 2.32. The first-order chi connectivity index (χ1) is 12.2. The van der Waals surface area contributed by atoms with Crippen molar-refractivity contribution in [1.82, 2.24) is 10.6 Å². The minimum absolute atomic E-state index is 0.163. The fourth-order valence-corrected chi connectivity index (χ4v) is 2.20. The molecule has 8 heteroatoms. The highest BCUT2D eigenvalue weighted by molar-refractivity contribution is 5.92. The van der Waals surface area contributed by atoms with Crippen LogP contribution in [0.2, 0.25) is 0 Å². The molecule has 1 aromatic rings. The number of amides is 2. The number of aliphatic carboxylic acids is 1. The minimum atomic E-state index is -2.27. The highest BCUT2D eigenvalue weighted by Crippen LogP contribution is 2.05. The van der Waals surface area contributed by atoms with Gasteiger partial charge in [0, 0.05) is 13.0 Å². The zero-order valence-corrected chi connectivity index (χ0v) is 14.9. The molecule has 0 aromatic heterocycles. The summed E-state index contributed by atoms with van der Waals surface area (Å²) < 4.78 is 0. The van der Waals surface area contributed by atoms with Crippen LogP contribution in [0.3, 0.4) is 0 Å². The molecule has 1 aromatic carbocycles. The van der Waals surface area contributed by atoms with Crippen molar-refractivity contribution in [3.05, 3.63) is 35.9 Å². The van der Waals surface area contributed by atoms with Gasteiger partial charge in [0.2, 0.25) is 5.91 Å². The number of carbonyl (C=O) groups is 3. The van der Waals surface area contributed by atoms with Gasteiger partial charge in [-0.15, -0.1) is 0 Å². The van der Waals surface area contributed by atoms with Crippen LogP contribution in [0.15, 0.2) is 30.3 Å². The molecule has 0 radical (unpaired) electrons. The Kier molecular flexibility index (Phi) is 8.74. The third-order valence-corrected chi connectivity index (χ3v) is 3.76. The van der Waals surface area contributed by atoms with Gasteiger partial charge in [-0.05, 0) is 17.9 Å². The van der Waals surface area contributed by atoms with E-state index in [0.717, 1.165) is 12.0 Å². The van der Waals surface area contributed by atoms with Crippen LogP contribution in [0.1, 0.15) is 25.8 Å². The summed E-state index contributed by atoms with van der Waals surface area (Å²) in [6.45, 7) is 4.45. The molecule has 0 aliphatic heterocycles. The first kappa shape index (κ1) is 21.6. The SMILES string of the molecule is CC(C)CCNC(=O)[C@H](Cc1ccccc1)NC(=O)[C@@H](O)[C@H](O)C(=O)O. The fourth-order valence-electron chi connectivity index (χ4n) is 2.20. The molecule has 0 saturated carbocycles. The van der Waals surface area contributed by atoms with Crippen LogP contribution in [0, 0.1) is 5.92 Å². The summed E-state index contributed by atoms with van der Waals surface area (Å²) in [6, 6.07) is 7.94. The molecule has 0 spiro atoms. The molecule has 0 aliphatic rings.